The SMILES string of the molecule is COc1ccc(SN(C)N(C(=O)c2ccc(Cl)cc2)C(=O)c2ccc(Cl)cc2)cc1. The van der Waals surface area contributed by atoms with Crippen LogP contribution in [-0.2, 0) is 0 Å². The van der Waals surface area contributed by atoms with Crippen molar-refractivity contribution in [1.29, 1.82) is 0 Å². The Morgan fingerprint density at radius 3 is 1.60 bits per heavy atom. The zero-order valence-electron chi connectivity index (χ0n) is 16.2. The van der Waals surface area contributed by atoms with Gasteiger partial charge in [0.1, 0.15) is 5.75 Å². The molecule has 8 heteroatoms. The lowest BCUT2D eigenvalue weighted by atomic mass is 10.1. The third-order valence-corrected chi connectivity index (χ3v) is 5.56. The van der Waals surface area contributed by atoms with Crippen LogP contribution in [0.3, 0.4) is 0 Å². The molecule has 0 radical (unpaired) electrons. The lowest BCUT2D eigenvalue weighted by Crippen LogP contribution is -2.45. The number of carbonyl (C=O) groups is 2. The molecule has 0 heterocycles. The number of amides is 2. The van der Waals surface area contributed by atoms with Gasteiger partial charge in [0, 0.05) is 33.1 Å². The summed E-state index contributed by atoms with van der Waals surface area (Å²) in [6.07, 6.45) is 0. The van der Waals surface area contributed by atoms with Gasteiger partial charge in [0.15, 0.2) is 0 Å². The van der Waals surface area contributed by atoms with Gasteiger partial charge in [-0.15, -0.1) is 0 Å². The molecule has 3 rings (SSSR count). The molecule has 0 aliphatic heterocycles. The van der Waals surface area contributed by atoms with Crippen molar-refractivity contribution in [2.75, 3.05) is 14.2 Å². The van der Waals surface area contributed by atoms with Crippen LogP contribution in [0.25, 0.3) is 0 Å². The highest BCUT2D eigenvalue weighted by Crippen LogP contribution is 2.27. The van der Waals surface area contributed by atoms with Crippen LogP contribution >= 0.6 is 35.1 Å². The van der Waals surface area contributed by atoms with Crippen molar-refractivity contribution in [3.8, 4) is 5.75 Å². The van der Waals surface area contributed by atoms with Crippen LogP contribution in [0.4, 0.5) is 0 Å². The Kier molecular flexibility index (Phi) is 7.39. The first-order valence-corrected chi connectivity index (χ1v) is 10.4. The van der Waals surface area contributed by atoms with Gasteiger partial charge in [0.2, 0.25) is 0 Å². The van der Waals surface area contributed by atoms with E-state index in [-0.39, 0.29) is 0 Å². The number of imide groups is 1. The molecule has 0 saturated carbocycles. The molecule has 3 aromatic rings. The number of carbonyl (C=O) groups excluding carboxylic acids is 2. The van der Waals surface area contributed by atoms with E-state index in [1.807, 2.05) is 24.3 Å². The second-order valence-corrected chi connectivity index (χ2v) is 8.22. The average molecular weight is 461 g/mol. The first-order chi connectivity index (χ1) is 14.4. The molecule has 0 saturated heterocycles. The van der Waals surface area contributed by atoms with Crippen LogP contribution in [0.5, 0.6) is 5.75 Å². The number of hydrogen-bond donors (Lipinski definition) is 0. The minimum absolute atomic E-state index is 0.337. The van der Waals surface area contributed by atoms with E-state index in [2.05, 4.69) is 0 Å². The Balaban J connectivity index is 1.92. The highest BCUT2D eigenvalue weighted by atomic mass is 35.5. The molecule has 154 valence electrons. The van der Waals surface area contributed by atoms with Crippen molar-refractivity contribution in [3.05, 3.63) is 94.0 Å². The van der Waals surface area contributed by atoms with E-state index in [4.69, 9.17) is 27.9 Å². The summed E-state index contributed by atoms with van der Waals surface area (Å²) in [5, 5.41) is 2.09. The van der Waals surface area contributed by atoms with Crippen LogP contribution in [0.15, 0.2) is 77.7 Å². The number of hydrazine groups is 1. The number of halogens is 2. The first-order valence-electron chi connectivity index (χ1n) is 8.84. The fourth-order valence-corrected chi connectivity index (χ4v) is 3.65. The molecule has 0 N–H and O–H groups in total. The molecule has 0 bridgehead atoms. The number of hydrogen-bond acceptors (Lipinski definition) is 5. The summed E-state index contributed by atoms with van der Waals surface area (Å²) in [6, 6.07) is 20.1. The summed E-state index contributed by atoms with van der Waals surface area (Å²) < 4.78 is 6.67. The average Bonchev–Trinajstić information content (AvgIpc) is 2.75. The largest absolute Gasteiger partial charge is 0.497 e. The van der Waals surface area contributed by atoms with E-state index >= 15 is 0 Å². The molecule has 3 aromatic carbocycles. The number of rotatable bonds is 6. The fourth-order valence-electron chi connectivity index (χ4n) is 2.61. The Labute approximate surface area is 189 Å². The Morgan fingerprint density at radius 1 is 0.767 bits per heavy atom. The predicted molar refractivity (Wildman–Crippen MR) is 120 cm³/mol. The molecule has 5 nitrogen and oxygen atoms in total. The summed E-state index contributed by atoms with van der Waals surface area (Å²) in [4.78, 5) is 27.3. The molecule has 0 unspecified atom stereocenters. The Morgan fingerprint density at radius 2 is 1.20 bits per heavy atom. The van der Waals surface area contributed by atoms with Gasteiger partial charge in [-0.3, -0.25) is 9.59 Å². The molecule has 0 spiro atoms. The summed E-state index contributed by atoms with van der Waals surface area (Å²) >= 11 is 13.1. The molecule has 0 atom stereocenters. The second kappa shape index (κ2) is 10.00. The zero-order chi connectivity index (χ0) is 21.7. The molecule has 2 amide bonds. The van der Waals surface area contributed by atoms with Crippen molar-refractivity contribution < 1.29 is 14.3 Å². The fraction of sp³-hybridized carbons (Fsp3) is 0.0909. The molecular weight excluding hydrogens is 443 g/mol. The predicted octanol–water partition coefficient (Wildman–Crippen LogP) is 5.84. The van der Waals surface area contributed by atoms with E-state index < -0.39 is 11.8 Å². The van der Waals surface area contributed by atoms with E-state index in [1.54, 1.807) is 62.7 Å². The van der Waals surface area contributed by atoms with Crippen LogP contribution in [-0.4, -0.2) is 35.4 Å². The monoisotopic (exact) mass is 460 g/mol. The topological polar surface area (TPSA) is 49.9 Å². The highest BCUT2D eigenvalue weighted by molar-refractivity contribution is 7.97. The maximum Gasteiger partial charge on any atom is 0.276 e. The summed E-state index contributed by atoms with van der Waals surface area (Å²) in [5.41, 5.74) is 0.674. The van der Waals surface area contributed by atoms with Crippen molar-refractivity contribution in [2.45, 2.75) is 4.90 Å². The van der Waals surface area contributed by atoms with Crippen LogP contribution in [0, 0.1) is 0 Å². The summed E-state index contributed by atoms with van der Waals surface area (Å²) in [7, 11) is 3.24. The maximum absolute atomic E-state index is 13.2. The van der Waals surface area contributed by atoms with Crippen LogP contribution < -0.4 is 4.74 Å². The summed E-state index contributed by atoms with van der Waals surface area (Å²) in [5.74, 6) is -0.237. The van der Waals surface area contributed by atoms with Crippen molar-refractivity contribution in [1.82, 2.24) is 9.42 Å². The lowest BCUT2D eigenvalue weighted by molar-refractivity contribution is 0.0375. The van der Waals surface area contributed by atoms with Crippen LogP contribution in [0.2, 0.25) is 10.0 Å². The highest BCUT2D eigenvalue weighted by Gasteiger charge is 2.29. The molecule has 0 aliphatic carbocycles. The van der Waals surface area contributed by atoms with Crippen molar-refractivity contribution in [2.24, 2.45) is 0 Å². The Hall–Kier alpha value is -2.51. The van der Waals surface area contributed by atoms with Gasteiger partial charge in [-0.05, 0) is 84.7 Å². The molecule has 0 aromatic heterocycles. The quantitative estimate of drug-likeness (QED) is 0.262. The minimum Gasteiger partial charge on any atom is -0.497 e. The molecule has 30 heavy (non-hydrogen) atoms. The lowest BCUT2D eigenvalue weighted by Gasteiger charge is -2.29. The van der Waals surface area contributed by atoms with Gasteiger partial charge in [-0.1, -0.05) is 23.2 Å². The van der Waals surface area contributed by atoms with Gasteiger partial charge < -0.3 is 4.74 Å². The van der Waals surface area contributed by atoms with Crippen molar-refractivity contribution in [3.63, 3.8) is 0 Å². The number of benzene rings is 3. The van der Waals surface area contributed by atoms with Gasteiger partial charge in [0.25, 0.3) is 11.8 Å². The smallest absolute Gasteiger partial charge is 0.276 e. The van der Waals surface area contributed by atoms with Gasteiger partial charge >= 0.3 is 0 Å². The van der Waals surface area contributed by atoms with Gasteiger partial charge in [-0.25, -0.2) is 0 Å². The number of ether oxygens (including phenoxy) is 1. The third kappa shape index (κ3) is 5.34. The summed E-state index contributed by atoms with van der Waals surface area (Å²) in [6.45, 7) is 0. The van der Waals surface area contributed by atoms with Crippen LogP contribution in [0.1, 0.15) is 20.7 Å². The maximum atomic E-state index is 13.2. The molecule has 0 aliphatic rings. The molecular formula is C22H18Cl2N2O3S. The normalized spacial score (nSPS) is 10.7. The van der Waals surface area contributed by atoms with E-state index in [0.717, 1.165) is 9.90 Å². The first kappa shape index (κ1) is 22.2. The van der Waals surface area contributed by atoms with E-state index in [9.17, 15) is 9.59 Å². The van der Waals surface area contributed by atoms with Crippen molar-refractivity contribution >= 4 is 47.0 Å². The standard InChI is InChI=1S/C22H18Cl2N2O3S/c1-25(30-20-13-11-19(29-2)12-14-20)26(21(27)15-3-7-17(23)8-4-15)22(28)16-5-9-18(24)10-6-16/h3-14H,1-2H3. The van der Waals surface area contributed by atoms with Gasteiger partial charge in [0.05, 0.1) is 7.11 Å². The number of nitrogens with zero attached hydrogens (tertiary/aromatic N) is 2. The van der Waals surface area contributed by atoms with Gasteiger partial charge in [-0.2, -0.15) is 9.42 Å². The Bertz CT molecular complexity index is 968. The second-order valence-electron chi connectivity index (χ2n) is 6.17. The van der Waals surface area contributed by atoms with E-state index in [0.29, 0.717) is 26.9 Å². The third-order valence-electron chi connectivity index (χ3n) is 4.15. The van der Waals surface area contributed by atoms with E-state index in [1.165, 1.54) is 16.4 Å². The number of methoxy groups -OCH3 is 1. The zero-order valence-corrected chi connectivity index (χ0v) is 18.5. The molecule has 0 fully saturated rings. The minimum atomic E-state index is -0.477.